The van der Waals surface area contributed by atoms with Crippen LogP contribution in [0.3, 0.4) is 0 Å². The molecular weight excluding hydrogens is 198 g/mol. The molecule has 1 saturated carbocycles. The van der Waals surface area contributed by atoms with Gasteiger partial charge in [0.2, 0.25) is 0 Å². The third-order valence-electron chi connectivity index (χ3n) is 3.34. The number of hydrogen-bond donors (Lipinski definition) is 2. The van der Waals surface area contributed by atoms with E-state index in [0.717, 1.165) is 12.5 Å². The van der Waals surface area contributed by atoms with Gasteiger partial charge in [0.05, 0.1) is 12.6 Å². The summed E-state index contributed by atoms with van der Waals surface area (Å²) < 4.78 is 0. The molecule has 1 aromatic carbocycles. The largest absolute Gasteiger partial charge is 0.394 e. The molecule has 0 aromatic heterocycles. The third-order valence-corrected chi connectivity index (χ3v) is 3.34. The second-order valence-corrected chi connectivity index (χ2v) is 4.95. The number of nitrogens with one attached hydrogen (secondary N) is 1. The number of aliphatic hydroxyl groups is 1. The highest BCUT2D eigenvalue weighted by atomic mass is 16.3. The van der Waals surface area contributed by atoms with Gasteiger partial charge >= 0.3 is 0 Å². The zero-order valence-corrected chi connectivity index (χ0v) is 10.2. The Hall–Kier alpha value is -0.860. The average molecular weight is 219 g/mol. The van der Waals surface area contributed by atoms with Crippen molar-refractivity contribution < 1.29 is 5.11 Å². The second-order valence-electron chi connectivity index (χ2n) is 4.95. The van der Waals surface area contributed by atoms with Crippen LogP contribution in [-0.2, 0) is 0 Å². The van der Waals surface area contributed by atoms with Crippen molar-refractivity contribution in [1.29, 1.82) is 0 Å². The SMILES string of the molecule is Cc1ccc(C)c(C(CO)NCC2CC2)c1. The molecule has 88 valence electrons. The Morgan fingerprint density at radius 2 is 2.12 bits per heavy atom. The van der Waals surface area contributed by atoms with E-state index < -0.39 is 0 Å². The van der Waals surface area contributed by atoms with E-state index in [9.17, 15) is 5.11 Å². The van der Waals surface area contributed by atoms with E-state index in [2.05, 4.69) is 37.4 Å². The summed E-state index contributed by atoms with van der Waals surface area (Å²) in [5, 5.41) is 12.9. The lowest BCUT2D eigenvalue weighted by Gasteiger charge is -2.19. The molecule has 1 atom stereocenters. The van der Waals surface area contributed by atoms with Gasteiger partial charge in [0, 0.05) is 0 Å². The number of rotatable bonds is 5. The smallest absolute Gasteiger partial charge is 0.0626 e. The Balaban J connectivity index is 2.07. The van der Waals surface area contributed by atoms with Crippen LogP contribution in [0.25, 0.3) is 0 Å². The van der Waals surface area contributed by atoms with Crippen molar-refractivity contribution in [3.63, 3.8) is 0 Å². The molecule has 1 aliphatic carbocycles. The van der Waals surface area contributed by atoms with Crippen LogP contribution in [0.5, 0.6) is 0 Å². The first-order valence-corrected chi connectivity index (χ1v) is 6.12. The highest BCUT2D eigenvalue weighted by molar-refractivity contribution is 5.33. The van der Waals surface area contributed by atoms with Crippen molar-refractivity contribution in [2.75, 3.05) is 13.2 Å². The molecule has 2 nitrogen and oxygen atoms in total. The van der Waals surface area contributed by atoms with Crippen molar-refractivity contribution in [3.8, 4) is 0 Å². The first-order valence-electron chi connectivity index (χ1n) is 6.12. The second kappa shape index (κ2) is 4.98. The van der Waals surface area contributed by atoms with Crippen molar-refractivity contribution in [3.05, 3.63) is 34.9 Å². The van der Waals surface area contributed by atoms with Gasteiger partial charge in [0.15, 0.2) is 0 Å². The van der Waals surface area contributed by atoms with E-state index in [4.69, 9.17) is 0 Å². The topological polar surface area (TPSA) is 32.3 Å². The lowest BCUT2D eigenvalue weighted by atomic mass is 9.99. The van der Waals surface area contributed by atoms with E-state index in [-0.39, 0.29) is 12.6 Å². The minimum atomic E-state index is 0.0977. The lowest BCUT2D eigenvalue weighted by Crippen LogP contribution is -2.27. The molecule has 0 amide bonds. The van der Waals surface area contributed by atoms with Crippen molar-refractivity contribution >= 4 is 0 Å². The predicted octanol–water partition coefficient (Wildman–Crippen LogP) is 2.34. The Morgan fingerprint density at radius 3 is 2.75 bits per heavy atom. The number of benzene rings is 1. The normalized spacial score (nSPS) is 17.4. The van der Waals surface area contributed by atoms with Crippen molar-refractivity contribution in [1.82, 2.24) is 5.32 Å². The Kier molecular flexibility index (Phi) is 3.62. The van der Waals surface area contributed by atoms with Gasteiger partial charge in [0.25, 0.3) is 0 Å². The monoisotopic (exact) mass is 219 g/mol. The summed E-state index contributed by atoms with van der Waals surface area (Å²) in [6, 6.07) is 6.52. The van der Waals surface area contributed by atoms with Gasteiger partial charge in [-0.15, -0.1) is 0 Å². The van der Waals surface area contributed by atoms with E-state index in [0.29, 0.717) is 0 Å². The molecule has 2 heteroatoms. The van der Waals surface area contributed by atoms with Crippen LogP contribution >= 0.6 is 0 Å². The van der Waals surface area contributed by atoms with E-state index in [1.54, 1.807) is 0 Å². The van der Waals surface area contributed by atoms with Crippen LogP contribution in [0, 0.1) is 19.8 Å². The molecule has 16 heavy (non-hydrogen) atoms. The molecule has 1 fully saturated rings. The van der Waals surface area contributed by atoms with Crippen LogP contribution in [0.4, 0.5) is 0 Å². The fourth-order valence-corrected chi connectivity index (χ4v) is 2.04. The zero-order chi connectivity index (χ0) is 11.5. The molecule has 0 bridgehead atoms. The van der Waals surface area contributed by atoms with Crippen molar-refractivity contribution in [2.45, 2.75) is 32.7 Å². The van der Waals surface area contributed by atoms with Gasteiger partial charge in [-0.1, -0.05) is 23.8 Å². The quantitative estimate of drug-likeness (QED) is 0.796. The first-order chi connectivity index (χ1) is 7.70. The molecule has 1 unspecified atom stereocenters. The summed E-state index contributed by atoms with van der Waals surface area (Å²) in [5.41, 5.74) is 3.75. The molecule has 2 rings (SSSR count). The van der Waals surface area contributed by atoms with Gasteiger partial charge in [-0.25, -0.2) is 0 Å². The summed E-state index contributed by atoms with van der Waals surface area (Å²) in [5.74, 6) is 0.846. The van der Waals surface area contributed by atoms with Crippen molar-refractivity contribution in [2.24, 2.45) is 5.92 Å². The molecule has 0 saturated heterocycles. The number of aryl methyl sites for hydroxylation is 2. The molecule has 2 N–H and O–H groups in total. The van der Waals surface area contributed by atoms with Gasteiger partial charge in [-0.05, 0) is 50.3 Å². The highest BCUT2D eigenvalue weighted by Crippen LogP contribution is 2.29. The summed E-state index contributed by atoms with van der Waals surface area (Å²) in [6.45, 7) is 5.42. The molecular formula is C14H21NO. The number of aliphatic hydroxyl groups excluding tert-OH is 1. The summed E-state index contributed by atoms with van der Waals surface area (Å²) in [7, 11) is 0. The third kappa shape index (κ3) is 2.83. The van der Waals surface area contributed by atoms with Gasteiger partial charge in [-0.2, -0.15) is 0 Å². The maximum atomic E-state index is 9.47. The van der Waals surface area contributed by atoms with Crippen LogP contribution in [-0.4, -0.2) is 18.3 Å². The fraction of sp³-hybridized carbons (Fsp3) is 0.571. The Labute approximate surface area is 97.7 Å². The van der Waals surface area contributed by atoms with Crippen LogP contribution < -0.4 is 5.32 Å². The standard InChI is InChI=1S/C14H21NO/c1-10-3-4-11(2)13(7-10)14(9-16)15-8-12-5-6-12/h3-4,7,12,14-16H,5-6,8-9H2,1-2H3. The minimum Gasteiger partial charge on any atom is -0.394 e. The van der Waals surface area contributed by atoms with Crippen LogP contribution in [0.2, 0.25) is 0 Å². The molecule has 0 spiro atoms. The molecule has 0 aliphatic heterocycles. The minimum absolute atomic E-state index is 0.0977. The molecule has 1 aromatic rings. The first kappa shape index (κ1) is 11.6. The van der Waals surface area contributed by atoms with Gasteiger partial charge < -0.3 is 10.4 Å². The highest BCUT2D eigenvalue weighted by Gasteiger charge is 2.22. The predicted molar refractivity (Wildman–Crippen MR) is 66.5 cm³/mol. The van der Waals surface area contributed by atoms with Gasteiger partial charge in [0.1, 0.15) is 0 Å². The van der Waals surface area contributed by atoms with E-state index in [1.807, 2.05) is 0 Å². The average Bonchev–Trinajstić information content (AvgIpc) is 3.07. The van der Waals surface area contributed by atoms with E-state index in [1.165, 1.54) is 29.5 Å². The molecule has 1 aliphatic rings. The zero-order valence-electron chi connectivity index (χ0n) is 10.2. The Bertz CT molecular complexity index is 358. The maximum Gasteiger partial charge on any atom is 0.0626 e. The number of hydrogen-bond acceptors (Lipinski definition) is 2. The van der Waals surface area contributed by atoms with Crippen LogP contribution in [0.15, 0.2) is 18.2 Å². The molecule has 0 heterocycles. The molecule has 0 radical (unpaired) electrons. The van der Waals surface area contributed by atoms with Crippen LogP contribution in [0.1, 0.15) is 35.6 Å². The summed E-state index contributed by atoms with van der Waals surface area (Å²) in [4.78, 5) is 0. The Morgan fingerprint density at radius 1 is 1.38 bits per heavy atom. The summed E-state index contributed by atoms with van der Waals surface area (Å²) in [6.07, 6.45) is 2.69. The summed E-state index contributed by atoms with van der Waals surface area (Å²) >= 11 is 0. The van der Waals surface area contributed by atoms with E-state index >= 15 is 0 Å². The maximum absolute atomic E-state index is 9.47. The fourth-order valence-electron chi connectivity index (χ4n) is 2.04. The lowest BCUT2D eigenvalue weighted by molar-refractivity contribution is 0.243. The van der Waals surface area contributed by atoms with Gasteiger partial charge in [-0.3, -0.25) is 0 Å².